The minimum Gasteiger partial charge on any atom is -0.395 e. The summed E-state index contributed by atoms with van der Waals surface area (Å²) in [5, 5.41) is 18.3. The number of nitrogens with one attached hydrogen (secondary N) is 1. The normalized spacial score (nSPS) is 11.4. The lowest BCUT2D eigenvalue weighted by molar-refractivity contribution is 0.158. The molecule has 3 rings (SSSR count). The first-order valence-corrected chi connectivity index (χ1v) is 9.29. The van der Waals surface area contributed by atoms with Crippen LogP contribution in [0.4, 0.5) is 0 Å². The van der Waals surface area contributed by atoms with Crippen LogP contribution in [-0.4, -0.2) is 67.5 Å². The zero-order chi connectivity index (χ0) is 19.1. The molecule has 0 radical (unpaired) electrons. The van der Waals surface area contributed by atoms with Crippen molar-refractivity contribution >= 4 is 0 Å². The first kappa shape index (κ1) is 19.3. The number of aliphatic hydroxyl groups excluding tert-OH is 2. The standard InChI is InChI=1S/C20H27N5O2/c1-16-18(22-14-21-16)20-19(17-6-3-2-4-7-17)23-15-25(20)9-5-8-24(10-12-26)11-13-27/h2-4,6-7,14-15,26-27H,5,8-13H2,1H3,(H,21,22). The van der Waals surface area contributed by atoms with E-state index in [-0.39, 0.29) is 13.2 Å². The average Bonchev–Trinajstić information content (AvgIpc) is 3.28. The van der Waals surface area contributed by atoms with Gasteiger partial charge in [-0.1, -0.05) is 30.3 Å². The zero-order valence-electron chi connectivity index (χ0n) is 15.7. The highest BCUT2D eigenvalue weighted by atomic mass is 16.3. The molecule has 0 fully saturated rings. The van der Waals surface area contributed by atoms with Gasteiger partial charge in [0.2, 0.25) is 0 Å². The first-order valence-electron chi connectivity index (χ1n) is 9.29. The first-order chi connectivity index (χ1) is 13.2. The molecule has 0 aliphatic carbocycles. The van der Waals surface area contributed by atoms with Gasteiger partial charge in [0, 0.05) is 37.4 Å². The van der Waals surface area contributed by atoms with Crippen LogP contribution in [0.1, 0.15) is 12.1 Å². The Balaban J connectivity index is 1.83. The maximum Gasteiger partial charge on any atom is 0.110 e. The van der Waals surface area contributed by atoms with Crippen molar-refractivity contribution in [2.75, 3.05) is 32.8 Å². The number of aliphatic hydroxyl groups is 2. The summed E-state index contributed by atoms with van der Waals surface area (Å²) < 4.78 is 2.14. The molecule has 0 aliphatic rings. The lowest BCUT2D eigenvalue weighted by Crippen LogP contribution is -2.31. The van der Waals surface area contributed by atoms with Gasteiger partial charge in [-0.15, -0.1) is 0 Å². The predicted molar refractivity (Wildman–Crippen MR) is 105 cm³/mol. The Morgan fingerprint density at radius 1 is 1.00 bits per heavy atom. The number of nitrogens with zero attached hydrogens (tertiary/aromatic N) is 4. The van der Waals surface area contributed by atoms with Crippen molar-refractivity contribution in [1.29, 1.82) is 0 Å². The van der Waals surface area contributed by atoms with Gasteiger partial charge in [0.25, 0.3) is 0 Å². The SMILES string of the molecule is Cc1[nH]cnc1-c1c(-c2ccccc2)ncn1CCCN(CCO)CCO. The van der Waals surface area contributed by atoms with Crippen LogP contribution in [0.3, 0.4) is 0 Å². The van der Waals surface area contributed by atoms with E-state index >= 15 is 0 Å². The van der Waals surface area contributed by atoms with Gasteiger partial charge in [0.15, 0.2) is 0 Å². The van der Waals surface area contributed by atoms with Crippen LogP contribution >= 0.6 is 0 Å². The van der Waals surface area contributed by atoms with Crippen LogP contribution in [0.2, 0.25) is 0 Å². The smallest absolute Gasteiger partial charge is 0.110 e. The number of imidazole rings is 2. The van der Waals surface area contributed by atoms with Gasteiger partial charge in [-0.05, 0) is 13.3 Å². The molecule has 2 aromatic heterocycles. The highest BCUT2D eigenvalue weighted by Crippen LogP contribution is 2.31. The molecule has 7 heteroatoms. The molecule has 144 valence electrons. The van der Waals surface area contributed by atoms with E-state index in [9.17, 15) is 0 Å². The molecule has 0 spiro atoms. The Kier molecular flexibility index (Phi) is 6.75. The third-order valence-electron chi connectivity index (χ3n) is 4.64. The predicted octanol–water partition coefficient (Wildman–Crippen LogP) is 1.93. The number of aromatic amines is 1. The van der Waals surface area contributed by atoms with Crippen molar-refractivity contribution in [3.8, 4) is 22.6 Å². The topological polar surface area (TPSA) is 90.2 Å². The number of rotatable bonds is 10. The lowest BCUT2D eigenvalue weighted by Gasteiger charge is -2.20. The molecule has 3 N–H and O–H groups in total. The van der Waals surface area contributed by atoms with Gasteiger partial charge in [0.05, 0.1) is 37.3 Å². The number of hydrogen-bond donors (Lipinski definition) is 3. The van der Waals surface area contributed by atoms with Crippen molar-refractivity contribution in [2.24, 2.45) is 0 Å². The largest absolute Gasteiger partial charge is 0.395 e. The van der Waals surface area contributed by atoms with E-state index in [1.165, 1.54) is 0 Å². The third-order valence-corrected chi connectivity index (χ3v) is 4.64. The highest BCUT2D eigenvalue weighted by molar-refractivity contribution is 5.77. The summed E-state index contributed by atoms with van der Waals surface area (Å²) in [7, 11) is 0. The summed E-state index contributed by atoms with van der Waals surface area (Å²) in [6, 6.07) is 10.1. The van der Waals surface area contributed by atoms with Crippen LogP contribution in [0, 0.1) is 6.92 Å². The van der Waals surface area contributed by atoms with Gasteiger partial charge in [-0.25, -0.2) is 9.97 Å². The summed E-state index contributed by atoms with van der Waals surface area (Å²) in [6.45, 7) is 4.95. The van der Waals surface area contributed by atoms with Crippen LogP contribution in [0.15, 0.2) is 43.0 Å². The van der Waals surface area contributed by atoms with E-state index in [2.05, 4.69) is 36.6 Å². The van der Waals surface area contributed by atoms with Gasteiger partial charge in [-0.2, -0.15) is 0 Å². The molecule has 3 aromatic rings. The Labute approximate surface area is 159 Å². The van der Waals surface area contributed by atoms with Gasteiger partial charge in [0.1, 0.15) is 5.69 Å². The van der Waals surface area contributed by atoms with Crippen LogP contribution in [-0.2, 0) is 6.54 Å². The molecule has 7 nitrogen and oxygen atoms in total. The molecule has 0 saturated heterocycles. The Hall–Kier alpha value is -2.48. The van der Waals surface area contributed by atoms with E-state index in [0.29, 0.717) is 13.1 Å². The minimum absolute atomic E-state index is 0.0982. The highest BCUT2D eigenvalue weighted by Gasteiger charge is 2.18. The second kappa shape index (κ2) is 9.45. The van der Waals surface area contributed by atoms with Gasteiger partial charge in [-0.3, -0.25) is 4.90 Å². The molecular formula is C20H27N5O2. The maximum absolute atomic E-state index is 9.16. The second-order valence-corrected chi connectivity index (χ2v) is 6.52. The van der Waals surface area contributed by atoms with Gasteiger partial charge < -0.3 is 19.8 Å². The second-order valence-electron chi connectivity index (χ2n) is 6.52. The summed E-state index contributed by atoms with van der Waals surface area (Å²) >= 11 is 0. The van der Waals surface area contributed by atoms with Crippen molar-refractivity contribution in [1.82, 2.24) is 24.4 Å². The summed E-state index contributed by atoms with van der Waals surface area (Å²) in [5.74, 6) is 0. The fourth-order valence-corrected chi connectivity index (χ4v) is 3.29. The quantitative estimate of drug-likeness (QED) is 0.508. The third kappa shape index (κ3) is 4.63. The summed E-state index contributed by atoms with van der Waals surface area (Å²) in [6.07, 6.45) is 4.47. The molecule has 0 amide bonds. The van der Waals surface area contributed by atoms with Crippen molar-refractivity contribution in [3.63, 3.8) is 0 Å². The van der Waals surface area contributed by atoms with E-state index in [1.54, 1.807) is 6.33 Å². The fraction of sp³-hybridized carbons (Fsp3) is 0.400. The summed E-state index contributed by atoms with van der Waals surface area (Å²) in [4.78, 5) is 14.4. The van der Waals surface area contributed by atoms with E-state index in [4.69, 9.17) is 10.2 Å². The number of aromatic nitrogens is 4. The van der Waals surface area contributed by atoms with E-state index < -0.39 is 0 Å². The van der Waals surface area contributed by atoms with Crippen LogP contribution in [0.25, 0.3) is 22.6 Å². The van der Waals surface area contributed by atoms with Crippen molar-refractivity contribution in [3.05, 3.63) is 48.7 Å². The number of hydrogen-bond acceptors (Lipinski definition) is 5. The van der Waals surface area contributed by atoms with Crippen molar-refractivity contribution < 1.29 is 10.2 Å². The molecule has 2 heterocycles. The minimum atomic E-state index is 0.0982. The molecule has 0 unspecified atom stereocenters. The molecular weight excluding hydrogens is 342 g/mol. The van der Waals surface area contributed by atoms with Gasteiger partial charge >= 0.3 is 0 Å². The Bertz CT molecular complexity index is 822. The van der Waals surface area contributed by atoms with Crippen LogP contribution in [0.5, 0.6) is 0 Å². The molecule has 0 aliphatic heterocycles. The number of aryl methyl sites for hydroxylation is 2. The Morgan fingerprint density at radius 3 is 2.37 bits per heavy atom. The average molecular weight is 369 g/mol. The van der Waals surface area contributed by atoms with Crippen molar-refractivity contribution in [2.45, 2.75) is 19.9 Å². The van der Waals surface area contributed by atoms with Crippen LogP contribution < -0.4 is 0 Å². The monoisotopic (exact) mass is 369 g/mol. The Morgan fingerprint density at radius 2 is 1.74 bits per heavy atom. The zero-order valence-corrected chi connectivity index (χ0v) is 15.7. The number of H-pyrrole nitrogens is 1. The van der Waals surface area contributed by atoms with E-state index in [0.717, 1.165) is 47.8 Å². The molecule has 0 bridgehead atoms. The molecule has 0 saturated carbocycles. The number of benzene rings is 1. The maximum atomic E-state index is 9.16. The molecule has 0 atom stereocenters. The lowest BCUT2D eigenvalue weighted by atomic mass is 10.1. The molecule has 1 aromatic carbocycles. The fourth-order valence-electron chi connectivity index (χ4n) is 3.29. The van der Waals surface area contributed by atoms with E-state index in [1.807, 2.05) is 31.5 Å². The summed E-state index contributed by atoms with van der Waals surface area (Å²) in [5.41, 5.74) is 4.92. The molecule has 27 heavy (non-hydrogen) atoms.